The van der Waals surface area contributed by atoms with E-state index in [1.165, 1.54) is 18.9 Å². The predicted octanol–water partition coefficient (Wildman–Crippen LogP) is 2.28. The van der Waals surface area contributed by atoms with Gasteiger partial charge in [-0.15, -0.1) is 0 Å². The highest BCUT2D eigenvalue weighted by atomic mass is 19.4. The van der Waals surface area contributed by atoms with E-state index in [4.69, 9.17) is 0 Å². The van der Waals surface area contributed by atoms with Crippen LogP contribution in [-0.2, 0) is 0 Å². The number of hydrogen-bond donors (Lipinski definition) is 0. The molecule has 0 unspecified atom stereocenters. The lowest BCUT2D eigenvalue weighted by molar-refractivity contribution is -0.179. The highest BCUT2D eigenvalue weighted by molar-refractivity contribution is 4.73. The summed E-state index contributed by atoms with van der Waals surface area (Å²) in [5.41, 5.74) is 0. The van der Waals surface area contributed by atoms with Gasteiger partial charge in [-0.1, -0.05) is 0 Å². The molecule has 0 bridgehead atoms. The van der Waals surface area contributed by atoms with Crippen molar-refractivity contribution in [2.45, 2.75) is 39.0 Å². The summed E-state index contributed by atoms with van der Waals surface area (Å²) in [5.74, 6) is 0. The van der Waals surface area contributed by atoms with Crippen molar-refractivity contribution in [2.75, 3.05) is 7.05 Å². The molecule has 0 fully saturated rings. The van der Waals surface area contributed by atoms with Crippen LogP contribution in [0.25, 0.3) is 0 Å². The van der Waals surface area contributed by atoms with Crippen molar-refractivity contribution in [1.29, 1.82) is 0 Å². The Morgan fingerprint density at radius 1 is 1.09 bits per heavy atom. The highest BCUT2D eigenvalue weighted by Gasteiger charge is 2.39. The summed E-state index contributed by atoms with van der Waals surface area (Å²) in [6.45, 7) is 4.64. The Labute approximate surface area is 65.2 Å². The molecule has 1 atom stereocenters. The van der Waals surface area contributed by atoms with Crippen molar-refractivity contribution in [2.24, 2.45) is 0 Å². The van der Waals surface area contributed by atoms with E-state index in [0.29, 0.717) is 0 Å². The van der Waals surface area contributed by atoms with E-state index in [0.717, 1.165) is 0 Å². The van der Waals surface area contributed by atoms with Gasteiger partial charge < -0.3 is 0 Å². The topological polar surface area (TPSA) is 3.24 Å². The van der Waals surface area contributed by atoms with E-state index in [9.17, 15) is 13.2 Å². The van der Waals surface area contributed by atoms with Gasteiger partial charge in [0.15, 0.2) is 0 Å². The van der Waals surface area contributed by atoms with Gasteiger partial charge in [0, 0.05) is 6.04 Å². The van der Waals surface area contributed by atoms with Gasteiger partial charge in [0.1, 0.15) is 6.04 Å². The van der Waals surface area contributed by atoms with Crippen LogP contribution in [0.15, 0.2) is 0 Å². The van der Waals surface area contributed by atoms with Gasteiger partial charge in [-0.05, 0) is 27.8 Å². The normalized spacial score (nSPS) is 16.1. The molecule has 0 aliphatic carbocycles. The summed E-state index contributed by atoms with van der Waals surface area (Å²) < 4.78 is 36.1. The summed E-state index contributed by atoms with van der Waals surface area (Å²) in [6, 6.07) is -1.44. The van der Waals surface area contributed by atoms with Crippen molar-refractivity contribution >= 4 is 0 Å². The minimum atomic E-state index is -4.11. The van der Waals surface area contributed by atoms with Crippen molar-refractivity contribution in [3.05, 3.63) is 0 Å². The summed E-state index contributed by atoms with van der Waals surface area (Å²) in [4.78, 5) is 1.29. The van der Waals surface area contributed by atoms with Gasteiger partial charge in [0.25, 0.3) is 0 Å². The fraction of sp³-hybridized carbons (Fsp3) is 1.00. The zero-order valence-corrected chi connectivity index (χ0v) is 7.24. The predicted molar refractivity (Wildman–Crippen MR) is 38.4 cm³/mol. The van der Waals surface area contributed by atoms with E-state index < -0.39 is 12.2 Å². The molecule has 0 aromatic carbocycles. The first-order valence-electron chi connectivity index (χ1n) is 3.55. The number of alkyl halides is 3. The maximum absolute atomic E-state index is 12.0. The first kappa shape index (κ1) is 10.8. The molecule has 0 aromatic rings. The minimum Gasteiger partial charge on any atom is -0.293 e. The summed E-state index contributed by atoms with van der Waals surface area (Å²) >= 11 is 0. The Kier molecular flexibility index (Phi) is 3.35. The van der Waals surface area contributed by atoms with Crippen LogP contribution in [0, 0.1) is 0 Å². The van der Waals surface area contributed by atoms with Crippen LogP contribution in [0.3, 0.4) is 0 Å². The molecule has 4 heteroatoms. The summed E-state index contributed by atoms with van der Waals surface area (Å²) in [5, 5.41) is 0. The Morgan fingerprint density at radius 2 is 1.45 bits per heavy atom. The van der Waals surface area contributed by atoms with E-state index in [1.807, 2.05) is 0 Å². The smallest absolute Gasteiger partial charge is 0.293 e. The Hall–Kier alpha value is -0.250. The zero-order chi connectivity index (χ0) is 9.23. The maximum atomic E-state index is 12.0. The van der Waals surface area contributed by atoms with Gasteiger partial charge in [0.2, 0.25) is 0 Å². The molecule has 0 N–H and O–H groups in total. The third-order valence-corrected chi connectivity index (χ3v) is 1.90. The van der Waals surface area contributed by atoms with E-state index in [-0.39, 0.29) is 6.04 Å². The Balaban J connectivity index is 4.13. The second kappa shape index (κ2) is 3.43. The third kappa shape index (κ3) is 3.10. The van der Waals surface area contributed by atoms with Crippen molar-refractivity contribution < 1.29 is 13.2 Å². The molecule has 0 aliphatic rings. The SMILES string of the molecule is CC(C)N(C)[C@H](C)C(F)(F)F. The molecule has 0 amide bonds. The highest BCUT2D eigenvalue weighted by Crippen LogP contribution is 2.24. The van der Waals surface area contributed by atoms with Gasteiger partial charge in [0.05, 0.1) is 0 Å². The van der Waals surface area contributed by atoms with Crippen LogP contribution in [0.1, 0.15) is 20.8 Å². The number of rotatable bonds is 2. The second-order valence-electron chi connectivity index (χ2n) is 2.98. The number of halogens is 3. The first-order valence-corrected chi connectivity index (χ1v) is 3.55. The molecule has 0 rings (SSSR count). The van der Waals surface area contributed by atoms with Crippen molar-refractivity contribution in [1.82, 2.24) is 4.90 Å². The number of nitrogens with zero attached hydrogens (tertiary/aromatic N) is 1. The van der Waals surface area contributed by atoms with Gasteiger partial charge >= 0.3 is 6.18 Å². The molecule has 0 saturated carbocycles. The van der Waals surface area contributed by atoms with Gasteiger partial charge in [-0.25, -0.2) is 0 Å². The molecule has 0 aromatic heterocycles. The molecule has 1 nitrogen and oxygen atoms in total. The molecule has 68 valence electrons. The standard InChI is InChI=1S/C7H14F3N/c1-5(2)11(4)6(3)7(8,9)10/h5-6H,1-4H3/t6-/m1/s1. The van der Waals surface area contributed by atoms with Gasteiger partial charge in [-0.2, -0.15) is 13.2 Å². The van der Waals surface area contributed by atoms with Crippen LogP contribution in [0.5, 0.6) is 0 Å². The fourth-order valence-corrected chi connectivity index (χ4v) is 0.678. The quantitative estimate of drug-likeness (QED) is 0.613. The summed E-state index contributed by atoms with van der Waals surface area (Å²) in [6.07, 6.45) is -4.11. The van der Waals surface area contributed by atoms with E-state index in [1.54, 1.807) is 13.8 Å². The lowest BCUT2D eigenvalue weighted by atomic mass is 10.2. The van der Waals surface area contributed by atoms with Gasteiger partial charge in [-0.3, -0.25) is 4.90 Å². The lowest BCUT2D eigenvalue weighted by Gasteiger charge is -2.29. The van der Waals surface area contributed by atoms with Crippen LogP contribution in [0.2, 0.25) is 0 Å². The molecular formula is C7H14F3N. The molecule has 0 aliphatic heterocycles. The van der Waals surface area contributed by atoms with Crippen molar-refractivity contribution in [3.63, 3.8) is 0 Å². The Morgan fingerprint density at radius 3 is 1.55 bits per heavy atom. The molecule has 0 radical (unpaired) electrons. The first-order chi connectivity index (χ1) is 4.76. The monoisotopic (exact) mass is 169 g/mol. The van der Waals surface area contributed by atoms with Crippen LogP contribution in [0.4, 0.5) is 13.2 Å². The minimum absolute atomic E-state index is 0.0772. The largest absolute Gasteiger partial charge is 0.403 e. The fourth-order valence-electron chi connectivity index (χ4n) is 0.678. The second-order valence-corrected chi connectivity index (χ2v) is 2.98. The third-order valence-electron chi connectivity index (χ3n) is 1.90. The zero-order valence-electron chi connectivity index (χ0n) is 7.24. The molecular weight excluding hydrogens is 155 g/mol. The van der Waals surface area contributed by atoms with E-state index >= 15 is 0 Å². The molecule has 0 saturated heterocycles. The Bertz CT molecular complexity index is 119. The summed E-state index contributed by atoms with van der Waals surface area (Å²) in [7, 11) is 1.48. The molecule has 11 heavy (non-hydrogen) atoms. The van der Waals surface area contributed by atoms with E-state index in [2.05, 4.69) is 0 Å². The lowest BCUT2D eigenvalue weighted by Crippen LogP contribution is -2.44. The average molecular weight is 169 g/mol. The van der Waals surface area contributed by atoms with Crippen LogP contribution in [-0.4, -0.2) is 30.2 Å². The molecule has 0 spiro atoms. The van der Waals surface area contributed by atoms with Crippen LogP contribution < -0.4 is 0 Å². The number of hydrogen-bond acceptors (Lipinski definition) is 1. The van der Waals surface area contributed by atoms with Crippen molar-refractivity contribution in [3.8, 4) is 0 Å². The maximum Gasteiger partial charge on any atom is 0.403 e. The molecule has 0 heterocycles. The van der Waals surface area contributed by atoms with Crippen LogP contribution >= 0.6 is 0 Å². The average Bonchev–Trinajstić information content (AvgIpc) is 1.82.